The first-order valence-electron chi connectivity index (χ1n) is 6.16. The maximum Gasteiger partial charge on any atom is 0.0723 e. The van der Waals surface area contributed by atoms with Gasteiger partial charge in [-0.15, -0.1) is 0 Å². The van der Waals surface area contributed by atoms with E-state index in [1.807, 2.05) is 17.9 Å². The van der Waals surface area contributed by atoms with Crippen molar-refractivity contribution in [2.75, 3.05) is 32.5 Å². The SMILES string of the molecule is CNc1cnn(CCC2CCN(C)CC2)c1. The summed E-state index contributed by atoms with van der Waals surface area (Å²) in [5.74, 6) is 0.887. The molecule has 2 heterocycles. The molecular weight excluding hydrogens is 200 g/mol. The number of anilines is 1. The Hall–Kier alpha value is -1.03. The van der Waals surface area contributed by atoms with E-state index >= 15 is 0 Å². The molecule has 0 amide bonds. The monoisotopic (exact) mass is 222 g/mol. The molecule has 1 aromatic heterocycles. The highest BCUT2D eigenvalue weighted by Gasteiger charge is 2.16. The third kappa shape index (κ3) is 2.98. The van der Waals surface area contributed by atoms with E-state index in [0.29, 0.717) is 0 Å². The normalized spacial score (nSPS) is 18.9. The number of piperidine rings is 1. The largest absolute Gasteiger partial charge is 0.386 e. The van der Waals surface area contributed by atoms with Gasteiger partial charge in [0.15, 0.2) is 0 Å². The molecule has 0 spiro atoms. The van der Waals surface area contributed by atoms with Crippen LogP contribution in [0.4, 0.5) is 5.69 Å². The van der Waals surface area contributed by atoms with Crippen molar-refractivity contribution in [1.82, 2.24) is 14.7 Å². The molecule has 4 nitrogen and oxygen atoms in total. The van der Waals surface area contributed by atoms with Crippen LogP contribution in [0.1, 0.15) is 19.3 Å². The summed E-state index contributed by atoms with van der Waals surface area (Å²) >= 11 is 0. The average molecular weight is 222 g/mol. The molecule has 1 saturated heterocycles. The summed E-state index contributed by atoms with van der Waals surface area (Å²) in [6.07, 6.45) is 7.91. The molecule has 4 heteroatoms. The van der Waals surface area contributed by atoms with Crippen molar-refractivity contribution in [2.24, 2.45) is 5.92 Å². The molecule has 2 rings (SSSR count). The summed E-state index contributed by atoms with van der Waals surface area (Å²) in [6.45, 7) is 3.56. The Labute approximate surface area is 97.6 Å². The third-order valence-electron chi connectivity index (χ3n) is 3.53. The summed E-state index contributed by atoms with van der Waals surface area (Å²) in [4.78, 5) is 2.42. The molecule has 1 N–H and O–H groups in total. The molecule has 1 aromatic rings. The van der Waals surface area contributed by atoms with Gasteiger partial charge in [0.1, 0.15) is 0 Å². The molecule has 1 aliphatic heterocycles. The van der Waals surface area contributed by atoms with E-state index in [1.54, 1.807) is 0 Å². The minimum Gasteiger partial charge on any atom is -0.386 e. The number of nitrogens with zero attached hydrogens (tertiary/aromatic N) is 3. The molecule has 0 atom stereocenters. The van der Waals surface area contributed by atoms with Gasteiger partial charge in [-0.1, -0.05) is 0 Å². The van der Waals surface area contributed by atoms with E-state index in [9.17, 15) is 0 Å². The van der Waals surface area contributed by atoms with Crippen molar-refractivity contribution >= 4 is 5.69 Å². The van der Waals surface area contributed by atoms with Crippen molar-refractivity contribution in [3.8, 4) is 0 Å². The second-order valence-electron chi connectivity index (χ2n) is 4.78. The van der Waals surface area contributed by atoms with E-state index in [-0.39, 0.29) is 0 Å². The summed E-state index contributed by atoms with van der Waals surface area (Å²) in [7, 11) is 4.14. The number of hydrogen-bond donors (Lipinski definition) is 1. The van der Waals surface area contributed by atoms with Gasteiger partial charge in [0.05, 0.1) is 11.9 Å². The molecule has 0 unspecified atom stereocenters. The number of nitrogens with one attached hydrogen (secondary N) is 1. The molecule has 1 fully saturated rings. The fourth-order valence-electron chi connectivity index (χ4n) is 2.28. The lowest BCUT2D eigenvalue weighted by Gasteiger charge is -2.28. The van der Waals surface area contributed by atoms with Gasteiger partial charge in [-0.3, -0.25) is 4.68 Å². The quantitative estimate of drug-likeness (QED) is 0.841. The average Bonchev–Trinajstić information content (AvgIpc) is 2.76. The highest BCUT2D eigenvalue weighted by Crippen LogP contribution is 2.20. The van der Waals surface area contributed by atoms with Crippen molar-refractivity contribution in [2.45, 2.75) is 25.8 Å². The zero-order valence-corrected chi connectivity index (χ0v) is 10.3. The van der Waals surface area contributed by atoms with Crippen LogP contribution in [0.15, 0.2) is 12.4 Å². The Kier molecular flexibility index (Phi) is 3.83. The van der Waals surface area contributed by atoms with Gasteiger partial charge >= 0.3 is 0 Å². The Morgan fingerprint density at radius 3 is 2.81 bits per heavy atom. The van der Waals surface area contributed by atoms with Crippen LogP contribution in [0.3, 0.4) is 0 Å². The number of rotatable bonds is 4. The molecule has 0 saturated carbocycles. The fourth-order valence-corrected chi connectivity index (χ4v) is 2.28. The Balaban J connectivity index is 1.74. The molecule has 0 radical (unpaired) electrons. The smallest absolute Gasteiger partial charge is 0.0723 e. The molecule has 1 aliphatic rings. The Morgan fingerprint density at radius 2 is 2.19 bits per heavy atom. The van der Waals surface area contributed by atoms with E-state index in [2.05, 4.69) is 28.6 Å². The van der Waals surface area contributed by atoms with Crippen LogP contribution >= 0.6 is 0 Å². The van der Waals surface area contributed by atoms with Crippen LogP contribution in [-0.2, 0) is 6.54 Å². The zero-order chi connectivity index (χ0) is 11.4. The van der Waals surface area contributed by atoms with Gasteiger partial charge < -0.3 is 10.2 Å². The van der Waals surface area contributed by atoms with Gasteiger partial charge in [-0.25, -0.2) is 0 Å². The molecule has 0 aromatic carbocycles. The van der Waals surface area contributed by atoms with Crippen molar-refractivity contribution < 1.29 is 0 Å². The molecule has 0 bridgehead atoms. The standard InChI is InChI=1S/C12H22N4/c1-13-12-9-14-16(10-12)8-5-11-3-6-15(2)7-4-11/h9-11,13H,3-8H2,1-2H3. The molecule has 90 valence electrons. The highest BCUT2D eigenvalue weighted by atomic mass is 15.3. The predicted molar refractivity (Wildman–Crippen MR) is 66.6 cm³/mol. The third-order valence-corrected chi connectivity index (χ3v) is 3.53. The second-order valence-corrected chi connectivity index (χ2v) is 4.78. The Bertz CT molecular complexity index is 313. The predicted octanol–water partition coefficient (Wildman–Crippen LogP) is 1.66. The maximum atomic E-state index is 4.33. The lowest BCUT2D eigenvalue weighted by molar-refractivity contribution is 0.206. The van der Waals surface area contributed by atoms with Crippen LogP contribution < -0.4 is 5.32 Å². The van der Waals surface area contributed by atoms with Crippen molar-refractivity contribution in [1.29, 1.82) is 0 Å². The van der Waals surface area contributed by atoms with Crippen LogP contribution in [-0.4, -0.2) is 41.9 Å². The van der Waals surface area contributed by atoms with Crippen LogP contribution in [0.2, 0.25) is 0 Å². The van der Waals surface area contributed by atoms with Gasteiger partial charge in [0, 0.05) is 19.8 Å². The minimum absolute atomic E-state index is 0.887. The topological polar surface area (TPSA) is 33.1 Å². The van der Waals surface area contributed by atoms with Crippen LogP contribution in [0.25, 0.3) is 0 Å². The molecule has 0 aliphatic carbocycles. The van der Waals surface area contributed by atoms with Crippen molar-refractivity contribution in [3.63, 3.8) is 0 Å². The number of likely N-dealkylation sites (tertiary alicyclic amines) is 1. The maximum absolute atomic E-state index is 4.33. The second kappa shape index (κ2) is 5.34. The summed E-state index contributed by atoms with van der Waals surface area (Å²) in [5.41, 5.74) is 1.10. The summed E-state index contributed by atoms with van der Waals surface area (Å²) in [5, 5.41) is 7.43. The van der Waals surface area contributed by atoms with Crippen LogP contribution in [0, 0.1) is 5.92 Å². The van der Waals surface area contributed by atoms with Gasteiger partial charge in [-0.05, 0) is 45.3 Å². The van der Waals surface area contributed by atoms with Gasteiger partial charge in [0.25, 0.3) is 0 Å². The molecular formula is C12H22N4. The van der Waals surface area contributed by atoms with Gasteiger partial charge in [-0.2, -0.15) is 5.10 Å². The lowest BCUT2D eigenvalue weighted by Crippen LogP contribution is -2.30. The minimum atomic E-state index is 0.887. The lowest BCUT2D eigenvalue weighted by atomic mass is 9.94. The number of aryl methyl sites for hydroxylation is 1. The molecule has 16 heavy (non-hydrogen) atoms. The van der Waals surface area contributed by atoms with Crippen molar-refractivity contribution in [3.05, 3.63) is 12.4 Å². The first kappa shape index (κ1) is 11.5. The van der Waals surface area contributed by atoms with Gasteiger partial charge in [0.2, 0.25) is 0 Å². The Morgan fingerprint density at radius 1 is 1.44 bits per heavy atom. The summed E-state index contributed by atoms with van der Waals surface area (Å²) < 4.78 is 2.05. The van der Waals surface area contributed by atoms with Crippen LogP contribution in [0.5, 0.6) is 0 Å². The van der Waals surface area contributed by atoms with E-state index in [0.717, 1.165) is 18.2 Å². The highest BCUT2D eigenvalue weighted by molar-refractivity contribution is 5.36. The van der Waals surface area contributed by atoms with E-state index < -0.39 is 0 Å². The summed E-state index contributed by atoms with van der Waals surface area (Å²) in [6, 6.07) is 0. The fraction of sp³-hybridized carbons (Fsp3) is 0.750. The van der Waals surface area contributed by atoms with E-state index in [1.165, 1.54) is 32.4 Å². The number of aromatic nitrogens is 2. The first-order chi connectivity index (χ1) is 7.78. The zero-order valence-electron chi connectivity index (χ0n) is 10.3. The number of hydrogen-bond acceptors (Lipinski definition) is 3. The van der Waals surface area contributed by atoms with E-state index in [4.69, 9.17) is 0 Å². The first-order valence-corrected chi connectivity index (χ1v) is 6.16.